The van der Waals surface area contributed by atoms with Crippen molar-refractivity contribution < 1.29 is 14.3 Å². The fraction of sp³-hybridized carbons (Fsp3) is 0.316. The molecule has 2 aromatic carbocycles. The summed E-state index contributed by atoms with van der Waals surface area (Å²) in [6.45, 7) is 5.30. The number of anilines is 1. The summed E-state index contributed by atoms with van der Waals surface area (Å²) in [5.74, 6) is 1.29. The second kappa shape index (κ2) is 8.83. The van der Waals surface area contributed by atoms with Crippen molar-refractivity contribution in [3.63, 3.8) is 0 Å². The Hall–Kier alpha value is -2.49. The molecule has 4 nitrogen and oxygen atoms in total. The minimum Gasteiger partial charge on any atom is -0.494 e. The zero-order chi connectivity index (χ0) is 16.5. The Morgan fingerprint density at radius 3 is 2.48 bits per heavy atom. The summed E-state index contributed by atoms with van der Waals surface area (Å²) in [5.41, 5.74) is 1.28. The predicted molar refractivity (Wildman–Crippen MR) is 92.4 cm³/mol. The van der Waals surface area contributed by atoms with E-state index in [9.17, 15) is 4.79 Å². The Kier molecular flexibility index (Phi) is 6.48. The van der Waals surface area contributed by atoms with Gasteiger partial charge in [0.25, 0.3) is 5.91 Å². The minimum atomic E-state index is -0.167. The monoisotopic (exact) mass is 313 g/mol. The van der Waals surface area contributed by atoms with Gasteiger partial charge in [0.15, 0.2) is 0 Å². The van der Waals surface area contributed by atoms with Crippen molar-refractivity contribution in [2.24, 2.45) is 0 Å². The number of hydrogen-bond donors (Lipinski definition) is 1. The summed E-state index contributed by atoms with van der Waals surface area (Å²) in [6.07, 6.45) is 2.08. The first-order valence-electron chi connectivity index (χ1n) is 8.00. The molecule has 2 rings (SSSR count). The highest BCUT2D eigenvalue weighted by molar-refractivity contribution is 6.04. The predicted octanol–water partition coefficient (Wildman–Crippen LogP) is 4.52. The second-order valence-electron chi connectivity index (χ2n) is 5.14. The average Bonchev–Trinajstić information content (AvgIpc) is 2.56. The molecular weight excluding hydrogens is 290 g/mol. The molecule has 4 heteroatoms. The molecule has 0 atom stereocenters. The fourth-order valence-electron chi connectivity index (χ4n) is 2.10. The van der Waals surface area contributed by atoms with Crippen molar-refractivity contribution in [2.45, 2.75) is 26.7 Å². The third-order valence-corrected chi connectivity index (χ3v) is 3.27. The number of nitrogens with one attached hydrogen (secondary N) is 1. The van der Waals surface area contributed by atoms with Crippen LogP contribution in [0, 0.1) is 0 Å². The molecule has 0 bridgehead atoms. The van der Waals surface area contributed by atoms with E-state index in [0.717, 1.165) is 18.6 Å². The zero-order valence-corrected chi connectivity index (χ0v) is 13.7. The maximum absolute atomic E-state index is 12.4. The van der Waals surface area contributed by atoms with E-state index in [0.29, 0.717) is 30.2 Å². The van der Waals surface area contributed by atoms with Gasteiger partial charge in [-0.05, 0) is 43.7 Å². The first-order valence-corrected chi connectivity index (χ1v) is 8.00. The van der Waals surface area contributed by atoms with Crippen molar-refractivity contribution >= 4 is 11.6 Å². The molecule has 0 unspecified atom stereocenters. The first-order chi connectivity index (χ1) is 11.2. The third-order valence-electron chi connectivity index (χ3n) is 3.27. The van der Waals surface area contributed by atoms with Gasteiger partial charge < -0.3 is 14.8 Å². The quantitative estimate of drug-likeness (QED) is 0.729. The van der Waals surface area contributed by atoms with Gasteiger partial charge in [0.1, 0.15) is 11.5 Å². The largest absolute Gasteiger partial charge is 0.494 e. The van der Waals surface area contributed by atoms with Gasteiger partial charge in [-0.25, -0.2) is 0 Å². The van der Waals surface area contributed by atoms with Crippen LogP contribution < -0.4 is 14.8 Å². The van der Waals surface area contributed by atoms with Crippen LogP contribution in [0.2, 0.25) is 0 Å². The van der Waals surface area contributed by atoms with E-state index in [4.69, 9.17) is 9.47 Å². The lowest BCUT2D eigenvalue weighted by Gasteiger charge is -2.09. The average molecular weight is 313 g/mol. The number of amides is 1. The highest BCUT2D eigenvalue weighted by Crippen LogP contribution is 2.19. The lowest BCUT2D eigenvalue weighted by atomic mass is 10.2. The summed E-state index contributed by atoms with van der Waals surface area (Å²) in [7, 11) is 0. The van der Waals surface area contributed by atoms with Gasteiger partial charge in [0, 0.05) is 17.3 Å². The molecule has 0 fully saturated rings. The van der Waals surface area contributed by atoms with Gasteiger partial charge >= 0.3 is 0 Å². The Labute approximate surface area is 137 Å². The molecule has 2 aromatic rings. The standard InChI is InChI=1S/C19H23NO3/c1-3-5-12-23-17-10-6-8-15(13-17)19(21)20-16-9-7-11-18(14-16)22-4-2/h6-11,13-14H,3-5,12H2,1-2H3,(H,20,21). The molecule has 0 spiro atoms. The number of unbranched alkanes of at least 4 members (excludes halogenated alkanes) is 1. The zero-order valence-electron chi connectivity index (χ0n) is 13.7. The van der Waals surface area contributed by atoms with E-state index in [1.165, 1.54) is 0 Å². The van der Waals surface area contributed by atoms with E-state index >= 15 is 0 Å². The SMILES string of the molecule is CCCCOc1cccc(C(=O)Nc2cccc(OCC)c2)c1. The molecule has 0 radical (unpaired) electrons. The number of hydrogen-bond acceptors (Lipinski definition) is 3. The normalized spacial score (nSPS) is 10.2. The third kappa shape index (κ3) is 5.33. The number of benzene rings is 2. The molecule has 122 valence electrons. The molecule has 0 aliphatic heterocycles. The lowest BCUT2D eigenvalue weighted by Crippen LogP contribution is -2.12. The summed E-state index contributed by atoms with van der Waals surface area (Å²) >= 11 is 0. The summed E-state index contributed by atoms with van der Waals surface area (Å²) in [4.78, 5) is 12.4. The highest BCUT2D eigenvalue weighted by Gasteiger charge is 2.08. The van der Waals surface area contributed by atoms with E-state index in [1.807, 2.05) is 43.3 Å². The van der Waals surface area contributed by atoms with Crippen molar-refractivity contribution in [3.05, 3.63) is 54.1 Å². The smallest absolute Gasteiger partial charge is 0.255 e. The Bertz CT molecular complexity index is 640. The van der Waals surface area contributed by atoms with E-state index in [1.54, 1.807) is 12.1 Å². The van der Waals surface area contributed by atoms with Crippen LogP contribution in [0.15, 0.2) is 48.5 Å². The Balaban J connectivity index is 2.02. The molecule has 0 aliphatic rings. The maximum Gasteiger partial charge on any atom is 0.255 e. The molecule has 0 heterocycles. The van der Waals surface area contributed by atoms with Crippen LogP contribution in [0.5, 0.6) is 11.5 Å². The molecular formula is C19H23NO3. The van der Waals surface area contributed by atoms with Gasteiger partial charge in [-0.3, -0.25) is 4.79 Å². The summed E-state index contributed by atoms with van der Waals surface area (Å²) < 4.78 is 11.1. The molecule has 0 saturated carbocycles. The van der Waals surface area contributed by atoms with E-state index in [2.05, 4.69) is 12.2 Å². The topological polar surface area (TPSA) is 47.6 Å². The van der Waals surface area contributed by atoms with Crippen LogP contribution in [-0.4, -0.2) is 19.1 Å². The van der Waals surface area contributed by atoms with E-state index < -0.39 is 0 Å². The molecule has 0 aromatic heterocycles. The van der Waals surface area contributed by atoms with Crippen LogP contribution >= 0.6 is 0 Å². The van der Waals surface area contributed by atoms with Crippen LogP contribution in [0.3, 0.4) is 0 Å². The van der Waals surface area contributed by atoms with Crippen LogP contribution in [0.4, 0.5) is 5.69 Å². The molecule has 0 aliphatic carbocycles. The lowest BCUT2D eigenvalue weighted by molar-refractivity contribution is 0.102. The van der Waals surface area contributed by atoms with Crippen molar-refractivity contribution in [1.29, 1.82) is 0 Å². The second-order valence-corrected chi connectivity index (χ2v) is 5.14. The summed E-state index contributed by atoms with van der Waals surface area (Å²) in [5, 5.41) is 2.88. The van der Waals surface area contributed by atoms with E-state index in [-0.39, 0.29) is 5.91 Å². The maximum atomic E-state index is 12.4. The van der Waals surface area contributed by atoms with Crippen molar-refractivity contribution in [1.82, 2.24) is 0 Å². The molecule has 23 heavy (non-hydrogen) atoms. The van der Waals surface area contributed by atoms with Crippen LogP contribution in [0.25, 0.3) is 0 Å². The van der Waals surface area contributed by atoms with Crippen molar-refractivity contribution in [3.8, 4) is 11.5 Å². The Morgan fingerprint density at radius 2 is 1.74 bits per heavy atom. The van der Waals surface area contributed by atoms with Gasteiger partial charge in [-0.1, -0.05) is 25.5 Å². The van der Waals surface area contributed by atoms with Gasteiger partial charge in [0.05, 0.1) is 13.2 Å². The van der Waals surface area contributed by atoms with Crippen molar-refractivity contribution in [2.75, 3.05) is 18.5 Å². The Morgan fingerprint density at radius 1 is 1.00 bits per heavy atom. The fourth-order valence-corrected chi connectivity index (χ4v) is 2.10. The minimum absolute atomic E-state index is 0.167. The molecule has 1 N–H and O–H groups in total. The molecule has 1 amide bonds. The van der Waals surface area contributed by atoms with Crippen LogP contribution in [-0.2, 0) is 0 Å². The van der Waals surface area contributed by atoms with Crippen LogP contribution in [0.1, 0.15) is 37.0 Å². The number of rotatable bonds is 8. The highest BCUT2D eigenvalue weighted by atomic mass is 16.5. The summed E-state index contributed by atoms with van der Waals surface area (Å²) in [6, 6.07) is 14.6. The van der Waals surface area contributed by atoms with Gasteiger partial charge in [0.2, 0.25) is 0 Å². The van der Waals surface area contributed by atoms with Gasteiger partial charge in [-0.15, -0.1) is 0 Å². The molecule has 0 saturated heterocycles. The first kappa shape index (κ1) is 16.9. The number of carbonyl (C=O) groups excluding carboxylic acids is 1. The van der Waals surface area contributed by atoms with Gasteiger partial charge in [-0.2, -0.15) is 0 Å². The number of carbonyl (C=O) groups is 1. The number of ether oxygens (including phenoxy) is 2.